The van der Waals surface area contributed by atoms with Crippen LogP contribution < -0.4 is 10.5 Å². The highest BCUT2D eigenvalue weighted by atomic mass is 16.5. The molecule has 0 aliphatic carbocycles. The van der Waals surface area contributed by atoms with Crippen molar-refractivity contribution < 1.29 is 14.6 Å². The minimum atomic E-state index is 0.143. The Bertz CT molecular complexity index is 1230. The molecular weight excluding hydrogens is 454 g/mol. The van der Waals surface area contributed by atoms with Gasteiger partial charge in [-0.15, -0.1) is 0 Å². The molecule has 1 aromatic heterocycles. The van der Waals surface area contributed by atoms with Crippen molar-refractivity contribution in [1.29, 1.82) is 0 Å². The summed E-state index contributed by atoms with van der Waals surface area (Å²) in [5, 5.41) is 19.8. The fourth-order valence-electron chi connectivity index (χ4n) is 5.02. The predicted molar refractivity (Wildman–Crippen MR) is 142 cm³/mol. The van der Waals surface area contributed by atoms with E-state index in [2.05, 4.69) is 20.1 Å². The van der Waals surface area contributed by atoms with E-state index in [-0.39, 0.29) is 5.75 Å². The third-order valence-corrected chi connectivity index (χ3v) is 7.07. The fraction of sp³-hybridized carbons (Fsp3) is 0.393. The molecule has 2 aromatic carbocycles. The molecular formula is C28H33N5O3. The number of aromatic nitrogens is 2. The lowest BCUT2D eigenvalue weighted by molar-refractivity contribution is 0.000892. The van der Waals surface area contributed by atoms with Gasteiger partial charge in [0.25, 0.3) is 0 Å². The van der Waals surface area contributed by atoms with Crippen LogP contribution in [0.3, 0.4) is 0 Å². The van der Waals surface area contributed by atoms with Gasteiger partial charge >= 0.3 is 0 Å². The number of hydrogen-bond donors (Lipinski definition) is 2. The third-order valence-electron chi connectivity index (χ3n) is 7.07. The van der Waals surface area contributed by atoms with Crippen LogP contribution >= 0.6 is 0 Å². The van der Waals surface area contributed by atoms with E-state index in [0.29, 0.717) is 41.3 Å². The monoisotopic (exact) mass is 487 g/mol. The van der Waals surface area contributed by atoms with Gasteiger partial charge in [0.2, 0.25) is 0 Å². The second-order valence-electron chi connectivity index (χ2n) is 9.37. The molecule has 2 aliphatic rings. The Morgan fingerprint density at radius 1 is 1.11 bits per heavy atom. The second-order valence-corrected chi connectivity index (χ2v) is 9.37. The molecule has 0 spiro atoms. The highest BCUT2D eigenvalue weighted by Crippen LogP contribution is 2.37. The zero-order valence-corrected chi connectivity index (χ0v) is 20.9. The number of aromatic hydroxyl groups is 1. The lowest BCUT2D eigenvalue weighted by atomic mass is 9.91. The van der Waals surface area contributed by atoms with E-state index < -0.39 is 0 Å². The molecule has 2 aliphatic heterocycles. The Morgan fingerprint density at radius 3 is 2.58 bits per heavy atom. The highest BCUT2D eigenvalue weighted by molar-refractivity contribution is 5.92. The van der Waals surface area contributed by atoms with Gasteiger partial charge in [-0.3, -0.25) is 9.89 Å². The summed E-state index contributed by atoms with van der Waals surface area (Å²) in [4.78, 5) is 6.63. The van der Waals surface area contributed by atoms with Gasteiger partial charge in [-0.2, -0.15) is 10.2 Å². The van der Waals surface area contributed by atoms with Crippen molar-refractivity contribution in [2.24, 2.45) is 4.99 Å². The van der Waals surface area contributed by atoms with Crippen molar-refractivity contribution in [3.8, 4) is 33.9 Å². The van der Waals surface area contributed by atoms with Crippen molar-refractivity contribution in [3.05, 3.63) is 53.7 Å². The molecule has 2 saturated heterocycles. The van der Waals surface area contributed by atoms with Gasteiger partial charge in [0, 0.05) is 62.7 Å². The molecule has 3 aromatic rings. The minimum absolute atomic E-state index is 0.143. The van der Waals surface area contributed by atoms with E-state index in [0.717, 1.165) is 61.5 Å². The zero-order chi connectivity index (χ0) is 25.1. The van der Waals surface area contributed by atoms with E-state index in [1.54, 1.807) is 19.3 Å². The topological polar surface area (TPSA) is 106 Å². The highest BCUT2D eigenvalue weighted by Gasteiger charge is 2.34. The summed E-state index contributed by atoms with van der Waals surface area (Å²) in [6.07, 6.45) is 3.93. The van der Waals surface area contributed by atoms with Crippen LogP contribution in [0.2, 0.25) is 0 Å². The Hall–Kier alpha value is -3.49. The first-order valence-corrected chi connectivity index (χ1v) is 12.5. The van der Waals surface area contributed by atoms with Gasteiger partial charge in [-0.1, -0.05) is 6.07 Å². The Labute approximate surface area is 211 Å². The van der Waals surface area contributed by atoms with Gasteiger partial charge in [0.05, 0.1) is 23.7 Å². The van der Waals surface area contributed by atoms with Crippen molar-refractivity contribution in [2.75, 3.05) is 45.7 Å². The number of rotatable bonds is 7. The number of nitrogens with two attached hydrogens (primary N) is 1. The van der Waals surface area contributed by atoms with Crippen molar-refractivity contribution in [1.82, 2.24) is 15.1 Å². The standard InChI is InChI=1S/C28H33N5O3/c1-3-36-27-14-19(12-20(15-30-2)28(27)29)18-4-5-23(26(34)13-18)25-7-6-24(31-32-25)21-16-33(17-21)22-8-10-35-11-9-22/h4-7,12-15,21-22,34H,3,8-11,16-17,29H2,1-2H3. The minimum Gasteiger partial charge on any atom is -0.507 e. The van der Waals surface area contributed by atoms with Crippen molar-refractivity contribution >= 4 is 11.9 Å². The molecule has 2 fully saturated rings. The molecule has 8 nitrogen and oxygen atoms in total. The average molecular weight is 488 g/mol. The number of benzene rings is 2. The fourth-order valence-corrected chi connectivity index (χ4v) is 5.02. The molecule has 188 valence electrons. The summed E-state index contributed by atoms with van der Waals surface area (Å²) in [7, 11) is 1.70. The lowest BCUT2D eigenvalue weighted by Crippen LogP contribution is -2.52. The molecule has 0 atom stereocenters. The van der Waals surface area contributed by atoms with Crippen molar-refractivity contribution in [3.63, 3.8) is 0 Å². The van der Waals surface area contributed by atoms with Crippen LogP contribution in [0.5, 0.6) is 11.5 Å². The summed E-state index contributed by atoms with van der Waals surface area (Å²) in [6.45, 7) is 6.19. The summed E-state index contributed by atoms with van der Waals surface area (Å²) in [6, 6.07) is 14.0. The number of aliphatic imine (C=N–C) groups is 1. The van der Waals surface area contributed by atoms with E-state index in [1.807, 2.05) is 43.3 Å². The maximum atomic E-state index is 10.9. The third kappa shape index (κ3) is 4.92. The number of anilines is 1. The summed E-state index contributed by atoms with van der Waals surface area (Å²) in [5.41, 5.74) is 11.6. The van der Waals surface area contributed by atoms with Gasteiger partial charge in [-0.05, 0) is 67.3 Å². The van der Waals surface area contributed by atoms with E-state index in [9.17, 15) is 5.11 Å². The van der Waals surface area contributed by atoms with Crippen molar-refractivity contribution in [2.45, 2.75) is 31.7 Å². The Morgan fingerprint density at radius 2 is 1.92 bits per heavy atom. The first-order valence-electron chi connectivity index (χ1n) is 12.5. The van der Waals surface area contributed by atoms with Crippen LogP contribution in [-0.2, 0) is 4.74 Å². The van der Waals surface area contributed by atoms with Crippen LogP contribution in [-0.4, -0.2) is 72.4 Å². The van der Waals surface area contributed by atoms with Crippen LogP contribution in [0.15, 0.2) is 47.5 Å². The zero-order valence-electron chi connectivity index (χ0n) is 20.9. The van der Waals surface area contributed by atoms with Gasteiger partial charge in [0.15, 0.2) is 0 Å². The molecule has 0 amide bonds. The number of phenolic OH excluding ortho intramolecular Hbond substituents is 1. The molecule has 0 unspecified atom stereocenters. The van der Waals surface area contributed by atoms with Gasteiger partial charge in [0.1, 0.15) is 11.5 Å². The molecule has 0 radical (unpaired) electrons. The number of nitrogens with zero attached hydrogens (tertiary/aromatic N) is 4. The lowest BCUT2D eigenvalue weighted by Gasteiger charge is -2.45. The van der Waals surface area contributed by atoms with E-state index in [1.165, 1.54) is 0 Å². The average Bonchev–Trinajstić information content (AvgIpc) is 2.87. The number of hydrogen-bond acceptors (Lipinski definition) is 8. The van der Waals surface area contributed by atoms with Crippen LogP contribution in [0.4, 0.5) is 5.69 Å². The van der Waals surface area contributed by atoms with Gasteiger partial charge in [-0.25, -0.2) is 0 Å². The number of ether oxygens (including phenoxy) is 2. The summed E-state index contributed by atoms with van der Waals surface area (Å²) >= 11 is 0. The molecule has 36 heavy (non-hydrogen) atoms. The summed E-state index contributed by atoms with van der Waals surface area (Å²) in [5.74, 6) is 1.15. The SMILES string of the molecule is CCOc1cc(-c2ccc(-c3ccc(C4CN(C5CCOCC5)C4)nn3)c(O)c2)cc(C=NC)c1N. The Balaban J connectivity index is 1.32. The predicted octanol–water partition coefficient (Wildman–Crippen LogP) is 4.12. The second kappa shape index (κ2) is 10.6. The maximum Gasteiger partial charge on any atom is 0.143 e. The quantitative estimate of drug-likeness (QED) is 0.381. The molecule has 3 heterocycles. The Kier molecular flexibility index (Phi) is 7.16. The van der Waals surface area contributed by atoms with Crippen LogP contribution in [0.1, 0.15) is 36.9 Å². The smallest absolute Gasteiger partial charge is 0.143 e. The molecule has 5 rings (SSSR count). The number of nitrogen functional groups attached to an aromatic ring is 1. The van der Waals surface area contributed by atoms with E-state index >= 15 is 0 Å². The molecule has 0 saturated carbocycles. The number of likely N-dealkylation sites (tertiary alicyclic amines) is 1. The largest absolute Gasteiger partial charge is 0.507 e. The first-order chi connectivity index (χ1) is 17.6. The van der Waals surface area contributed by atoms with E-state index in [4.69, 9.17) is 15.2 Å². The van der Waals surface area contributed by atoms with Crippen LogP contribution in [0, 0.1) is 0 Å². The molecule has 0 bridgehead atoms. The molecule has 3 N–H and O–H groups in total. The van der Waals surface area contributed by atoms with Gasteiger partial charge < -0.3 is 20.3 Å². The normalized spacial score (nSPS) is 17.4. The first kappa shape index (κ1) is 24.2. The number of phenols is 1. The maximum absolute atomic E-state index is 10.9. The summed E-state index contributed by atoms with van der Waals surface area (Å²) < 4.78 is 11.2. The molecule has 8 heteroatoms. The van der Waals surface area contributed by atoms with Crippen LogP contribution in [0.25, 0.3) is 22.4 Å².